The molecule has 5 heteroatoms. The predicted molar refractivity (Wildman–Crippen MR) is 80.9 cm³/mol. The number of ether oxygens (including phenoxy) is 1. The van der Waals surface area contributed by atoms with Gasteiger partial charge in [0.1, 0.15) is 5.60 Å². The van der Waals surface area contributed by atoms with Crippen LogP contribution in [0.25, 0.3) is 0 Å². The first-order valence-corrected chi connectivity index (χ1v) is 7.86. The van der Waals surface area contributed by atoms with E-state index in [2.05, 4.69) is 11.1 Å². The Morgan fingerprint density at radius 2 is 2.10 bits per heavy atom. The predicted octanol–water partition coefficient (Wildman–Crippen LogP) is 3.57. The van der Waals surface area contributed by atoms with E-state index in [4.69, 9.17) is 4.74 Å². The van der Waals surface area contributed by atoms with E-state index < -0.39 is 5.60 Å². The minimum absolute atomic E-state index is 0.192. The third-order valence-corrected chi connectivity index (χ3v) is 4.35. The number of rotatable bonds is 2. The van der Waals surface area contributed by atoms with Gasteiger partial charge in [-0.15, -0.1) is 11.8 Å². The van der Waals surface area contributed by atoms with E-state index in [9.17, 15) is 4.79 Å². The number of likely N-dealkylation sites (tertiary alicyclic amines) is 1. The summed E-state index contributed by atoms with van der Waals surface area (Å²) >= 11 is 1.85. The molecule has 1 amide bonds. The average Bonchev–Trinajstić information content (AvgIpc) is 2.39. The summed E-state index contributed by atoms with van der Waals surface area (Å²) in [5.41, 5.74) is -0.418. The number of amides is 1. The fourth-order valence-corrected chi connectivity index (χ4v) is 3.20. The van der Waals surface area contributed by atoms with E-state index in [0.29, 0.717) is 5.25 Å². The number of nitrogens with zero attached hydrogens (tertiary/aromatic N) is 2. The summed E-state index contributed by atoms with van der Waals surface area (Å²) in [5.74, 6) is 0. The van der Waals surface area contributed by atoms with E-state index in [1.54, 1.807) is 6.20 Å². The van der Waals surface area contributed by atoms with Crippen molar-refractivity contribution in [3.63, 3.8) is 0 Å². The number of carbonyl (C=O) groups is 1. The maximum absolute atomic E-state index is 12.0. The van der Waals surface area contributed by atoms with Gasteiger partial charge in [-0.1, -0.05) is 0 Å². The van der Waals surface area contributed by atoms with Gasteiger partial charge in [0.25, 0.3) is 0 Å². The van der Waals surface area contributed by atoms with Crippen LogP contribution in [0.3, 0.4) is 0 Å². The van der Waals surface area contributed by atoms with E-state index in [1.165, 1.54) is 4.90 Å². The van der Waals surface area contributed by atoms with Crippen molar-refractivity contribution in [3.8, 4) is 0 Å². The summed E-state index contributed by atoms with van der Waals surface area (Å²) in [6.07, 6.45) is 5.49. The second-order valence-electron chi connectivity index (χ2n) is 5.97. The second kappa shape index (κ2) is 6.48. The lowest BCUT2D eigenvalue weighted by Crippen LogP contribution is -2.42. The molecular formula is C15H22N2O2S. The maximum Gasteiger partial charge on any atom is 0.410 e. The number of piperidine rings is 1. The Bertz CT molecular complexity index is 437. The van der Waals surface area contributed by atoms with Crippen LogP contribution >= 0.6 is 11.8 Å². The van der Waals surface area contributed by atoms with E-state index in [0.717, 1.165) is 25.9 Å². The zero-order chi connectivity index (χ0) is 14.6. The first kappa shape index (κ1) is 15.2. The summed E-state index contributed by atoms with van der Waals surface area (Å²) in [5, 5.41) is 0.554. The Hall–Kier alpha value is -1.23. The van der Waals surface area contributed by atoms with E-state index in [-0.39, 0.29) is 6.09 Å². The number of hydrogen-bond acceptors (Lipinski definition) is 4. The molecule has 0 spiro atoms. The van der Waals surface area contributed by atoms with E-state index >= 15 is 0 Å². The molecule has 2 rings (SSSR count). The highest BCUT2D eigenvalue weighted by atomic mass is 32.2. The molecule has 1 aromatic rings. The molecule has 20 heavy (non-hydrogen) atoms. The van der Waals surface area contributed by atoms with Gasteiger partial charge in [0.2, 0.25) is 0 Å². The van der Waals surface area contributed by atoms with Gasteiger partial charge in [-0.3, -0.25) is 4.98 Å². The number of thioether (sulfide) groups is 1. The van der Waals surface area contributed by atoms with Gasteiger partial charge in [-0.2, -0.15) is 0 Å². The first-order valence-electron chi connectivity index (χ1n) is 6.99. The summed E-state index contributed by atoms with van der Waals surface area (Å²) in [7, 11) is 0. The van der Waals surface area contributed by atoms with Gasteiger partial charge >= 0.3 is 6.09 Å². The zero-order valence-electron chi connectivity index (χ0n) is 12.3. The lowest BCUT2D eigenvalue weighted by atomic mass is 10.1. The van der Waals surface area contributed by atoms with Gasteiger partial charge in [0.15, 0.2) is 0 Å². The van der Waals surface area contributed by atoms with Crippen LogP contribution in [-0.2, 0) is 4.74 Å². The van der Waals surface area contributed by atoms with E-state index in [1.807, 2.05) is 49.7 Å². The number of aromatic nitrogens is 1. The number of pyridine rings is 1. The standard InChI is InChI=1S/C15H22N2O2S/c1-15(2,3)19-14(18)17-9-6-12(7-10-17)20-13-5-4-8-16-11-13/h4-5,8,11-12H,6-7,9-10H2,1-3H3. The highest BCUT2D eigenvalue weighted by molar-refractivity contribution is 8.00. The molecule has 4 nitrogen and oxygen atoms in total. The Balaban J connectivity index is 1.79. The van der Waals surface area contributed by atoms with Crippen LogP contribution in [0.1, 0.15) is 33.6 Å². The lowest BCUT2D eigenvalue weighted by molar-refractivity contribution is 0.0219. The normalized spacial score (nSPS) is 17.1. The van der Waals surface area contributed by atoms with Crippen molar-refractivity contribution in [2.24, 2.45) is 0 Å². The molecule has 0 aromatic carbocycles. The fourth-order valence-electron chi connectivity index (χ4n) is 2.09. The van der Waals surface area contributed by atoms with Crippen molar-refractivity contribution in [2.45, 2.75) is 49.4 Å². The molecule has 0 saturated carbocycles. The van der Waals surface area contributed by atoms with Crippen LogP contribution < -0.4 is 0 Å². The molecule has 1 aliphatic rings. The minimum Gasteiger partial charge on any atom is -0.444 e. The van der Waals surface area contributed by atoms with Crippen molar-refractivity contribution in [3.05, 3.63) is 24.5 Å². The van der Waals surface area contributed by atoms with Gasteiger partial charge in [0, 0.05) is 35.6 Å². The lowest BCUT2D eigenvalue weighted by Gasteiger charge is -2.33. The molecule has 0 bridgehead atoms. The molecule has 1 aliphatic heterocycles. The smallest absolute Gasteiger partial charge is 0.410 e. The number of carbonyl (C=O) groups excluding carboxylic acids is 1. The average molecular weight is 294 g/mol. The molecule has 1 aromatic heterocycles. The van der Waals surface area contributed by atoms with Crippen LogP contribution in [0.15, 0.2) is 29.4 Å². The quantitative estimate of drug-likeness (QED) is 0.836. The molecule has 1 saturated heterocycles. The van der Waals surface area contributed by atoms with Gasteiger partial charge in [0.05, 0.1) is 0 Å². The molecule has 0 unspecified atom stereocenters. The Kier molecular flexibility index (Phi) is 4.91. The zero-order valence-corrected chi connectivity index (χ0v) is 13.2. The SMILES string of the molecule is CC(C)(C)OC(=O)N1CCC(Sc2cccnc2)CC1. The minimum atomic E-state index is -0.418. The Labute approximate surface area is 124 Å². The summed E-state index contributed by atoms with van der Waals surface area (Å²) in [6.45, 7) is 7.24. The molecular weight excluding hydrogens is 272 g/mol. The third-order valence-electron chi connectivity index (χ3n) is 3.03. The summed E-state index contributed by atoms with van der Waals surface area (Å²) in [6, 6.07) is 4.04. The molecule has 2 heterocycles. The maximum atomic E-state index is 12.0. The molecule has 0 atom stereocenters. The van der Waals surface area contributed by atoms with Crippen LogP contribution in [0.4, 0.5) is 4.79 Å². The van der Waals surface area contributed by atoms with Gasteiger partial charge in [-0.25, -0.2) is 4.79 Å². The Morgan fingerprint density at radius 3 is 2.65 bits per heavy atom. The van der Waals surface area contributed by atoms with Gasteiger partial charge < -0.3 is 9.64 Å². The molecule has 0 radical (unpaired) electrons. The van der Waals surface area contributed by atoms with Crippen molar-refractivity contribution in [1.29, 1.82) is 0 Å². The molecule has 0 aliphatic carbocycles. The molecule has 1 fully saturated rings. The highest BCUT2D eigenvalue weighted by Crippen LogP contribution is 2.30. The van der Waals surface area contributed by atoms with Crippen molar-refractivity contribution in [2.75, 3.05) is 13.1 Å². The monoisotopic (exact) mass is 294 g/mol. The Morgan fingerprint density at radius 1 is 1.40 bits per heavy atom. The summed E-state index contributed by atoms with van der Waals surface area (Å²) in [4.78, 5) is 19.1. The largest absolute Gasteiger partial charge is 0.444 e. The van der Waals surface area contributed by atoms with Crippen LogP contribution in [0, 0.1) is 0 Å². The number of hydrogen-bond donors (Lipinski definition) is 0. The van der Waals surface area contributed by atoms with Gasteiger partial charge in [-0.05, 0) is 45.7 Å². The fraction of sp³-hybridized carbons (Fsp3) is 0.600. The summed E-state index contributed by atoms with van der Waals surface area (Å²) < 4.78 is 5.40. The van der Waals surface area contributed by atoms with Crippen LogP contribution in [-0.4, -0.2) is 39.9 Å². The highest BCUT2D eigenvalue weighted by Gasteiger charge is 2.27. The first-order chi connectivity index (χ1) is 9.44. The topological polar surface area (TPSA) is 42.4 Å². The van der Waals surface area contributed by atoms with Crippen molar-refractivity contribution in [1.82, 2.24) is 9.88 Å². The second-order valence-corrected chi connectivity index (χ2v) is 7.35. The third kappa shape index (κ3) is 4.71. The molecule has 110 valence electrons. The van der Waals surface area contributed by atoms with Crippen molar-refractivity contribution >= 4 is 17.9 Å². The van der Waals surface area contributed by atoms with Crippen LogP contribution in [0.2, 0.25) is 0 Å². The van der Waals surface area contributed by atoms with Crippen molar-refractivity contribution < 1.29 is 9.53 Å². The molecule has 0 N–H and O–H groups in total. The van der Waals surface area contributed by atoms with Crippen LogP contribution in [0.5, 0.6) is 0 Å².